The van der Waals surface area contributed by atoms with E-state index >= 15 is 0 Å². The van der Waals surface area contributed by atoms with Crippen LogP contribution in [0, 0.1) is 5.92 Å². The number of hydrogen-bond donors (Lipinski definition) is 2. The third kappa shape index (κ3) is 1.92. The van der Waals surface area contributed by atoms with E-state index in [9.17, 15) is 14.4 Å². The molecule has 1 saturated heterocycles. The highest BCUT2D eigenvalue weighted by molar-refractivity contribution is 6.23. The van der Waals surface area contributed by atoms with Gasteiger partial charge in [-0.25, -0.2) is 9.47 Å². The van der Waals surface area contributed by atoms with Crippen molar-refractivity contribution in [3.8, 4) is 0 Å². The molecule has 0 atom stereocenters. The van der Waals surface area contributed by atoms with Gasteiger partial charge in [-0.2, -0.15) is 5.10 Å². The van der Waals surface area contributed by atoms with Gasteiger partial charge < -0.3 is 0 Å². The van der Waals surface area contributed by atoms with Crippen LogP contribution in [0.2, 0.25) is 0 Å². The molecule has 9 heteroatoms. The van der Waals surface area contributed by atoms with Crippen molar-refractivity contribution in [3.63, 3.8) is 0 Å². The summed E-state index contributed by atoms with van der Waals surface area (Å²) in [6, 6.07) is -0.830. The zero-order valence-corrected chi connectivity index (χ0v) is 7.82. The summed E-state index contributed by atoms with van der Waals surface area (Å²) in [5.41, 5.74) is 0. The van der Waals surface area contributed by atoms with E-state index in [1.165, 1.54) is 17.3 Å². The lowest BCUT2D eigenvalue weighted by Crippen LogP contribution is -2.56. The molecule has 2 heterocycles. The van der Waals surface area contributed by atoms with Gasteiger partial charge in [-0.1, -0.05) is 0 Å². The maximum Gasteiger partial charge on any atom is 0.328 e. The lowest BCUT2D eigenvalue weighted by molar-refractivity contribution is -0.132. The summed E-state index contributed by atoms with van der Waals surface area (Å²) in [6.45, 7) is 0. The molecule has 1 aliphatic heterocycles. The number of nitrogens with one attached hydrogen (secondary N) is 2. The number of imide groups is 2. The predicted octanol–water partition coefficient (Wildman–Crippen LogP) is -1.91. The number of amides is 4. The summed E-state index contributed by atoms with van der Waals surface area (Å²) in [6.07, 6.45) is 3.68. The Kier molecular flexibility index (Phi) is 2.42. The van der Waals surface area contributed by atoms with Crippen molar-refractivity contribution >= 4 is 24.1 Å². The first-order chi connectivity index (χ1) is 7.66. The Bertz CT molecular complexity index is 444. The predicted molar refractivity (Wildman–Crippen MR) is 49.1 cm³/mol. The highest BCUT2D eigenvalue weighted by Crippen LogP contribution is 1.99. The largest absolute Gasteiger partial charge is 0.328 e. The number of carbonyl (C=O) groups is 3. The fraction of sp³-hybridized carbons (Fsp3) is 0.143. The van der Waals surface area contributed by atoms with Crippen LogP contribution in [0.25, 0.3) is 0 Å². The number of barbiturate groups is 1. The first-order valence-corrected chi connectivity index (χ1v) is 4.21. The van der Waals surface area contributed by atoms with Crippen LogP contribution in [0.1, 0.15) is 0 Å². The summed E-state index contributed by atoms with van der Waals surface area (Å²) in [5.74, 6) is -2.57. The summed E-state index contributed by atoms with van der Waals surface area (Å²) in [4.78, 5) is 33.2. The van der Waals surface area contributed by atoms with Crippen LogP contribution < -0.4 is 10.6 Å². The molecular formula is C7H6N6O3. The van der Waals surface area contributed by atoms with Crippen LogP contribution in [0.5, 0.6) is 0 Å². The molecule has 9 nitrogen and oxygen atoms in total. The quantitative estimate of drug-likeness (QED) is 0.447. The van der Waals surface area contributed by atoms with Crippen molar-refractivity contribution in [2.75, 3.05) is 0 Å². The lowest BCUT2D eigenvalue weighted by Gasteiger charge is -2.16. The van der Waals surface area contributed by atoms with Gasteiger partial charge in [0.25, 0.3) is 0 Å². The summed E-state index contributed by atoms with van der Waals surface area (Å²) in [5, 5.41) is 14.6. The number of urea groups is 1. The number of carbonyl (C=O) groups excluding carboxylic acids is 3. The van der Waals surface area contributed by atoms with E-state index in [0.717, 1.165) is 6.21 Å². The monoisotopic (exact) mass is 222 g/mol. The average Bonchev–Trinajstić information content (AvgIpc) is 2.68. The van der Waals surface area contributed by atoms with Crippen LogP contribution in [0.3, 0.4) is 0 Å². The Morgan fingerprint density at radius 2 is 1.75 bits per heavy atom. The normalized spacial score (nSPS) is 17.6. The van der Waals surface area contributed by atoms with E-state index < -0.39 is 23.8 Å². The fourth-order valence-electron chi connectivity index (χ4n) is 1.06. The Morgan fingerprint density at radius 3 is 2.31 bits per heavy atom. The minimum Gasteiger partial charge on any atom is -0.277 e. The van der Waals surface area contributed by atoms with Crippen LogP contribution in [-0.4, -0.2) is 38.9 Å². The van der Waals surface area contributed by atoms with E-state index in [0.29, 0.717) is 0 Å². The molecule has 82 valence electrons. The Labute approximate surface area is 88.5 Å². The molecule has 0 aromatic carbocycles. The number of aromatic nitrogens is 3. The zero-order chi connectivity index (χ0) is 11.5. The van der Waals surface area contributed by atoms with Crippen molar-refractivity contribution in [3.05, 3.63) is 12.7 Å². The Balaban J connectivity index is 2.12. The molecule has 0 saturated carbocycles. The van der Waals surface area contributed by atoms with E-state index in [4.69, 9.17) is 0 Å². The third-order valence-corrected chi connectivity index (χ3v) is 1.79. The second-order valence-corrected chi connectivity index (χ2v) is 2.89. The smallest absolute Gasteiger partial charge is 0.277 e. The maximum absolute atomic E-state index is 11.3. The van der Waals surface area contributed by atoms with Crippen molar-refractivity contribution < 1.29 is 14.4 Å². The van der Waals surface area contributed by atoms with E-state index in [-0.39, 0.29) is 0 Å². The van der Waals surface area contributed by atoms with Gasteiger partial charge >= 0.3 is 6.03 Å². The molecule has 1 aliphatic rings. The number of nitrogens with zero attached hydrogens (tertiary/aromatic N) is 4. The zero-order valence-electron chi connectivity index (χ0n) is 7.82. The average molecular weight is 222 g/mol. The van der Waals surface area contributed by atoms with Gasteiger partial charge in [0, 0.05) is 6.21 Å². The topological polar surface area (TPSA) is 118 Å². The van der Waals surface area contributed by atoms with E-state index in [2.05, 4.69) is 15.3 Å². The third-order valence-electron chi connectivity index (χ3n) is 1.79. The molecule has 4 amide bonds. The maximum atomic E-state index is 11.3. The molecule has 2 N–H and O–H groups in total. The van der Waals surface area contributed by atoms with Gasteiger partial charge in [0.1, 0.15) is 12.7 Å². The standard InChI is InChI=1S/C7H6N6O3/c14-5-4(6(15)12-7(16)11-5)1-10-13-2-8-9-3-13/h1-4H,(H2,11,12,14,15,16)/b10-1+. The lowest BCUT2D eigenvalue weighted by atomic mass is 10.1. The molecule has 1 aromatic heterocycles. The highest BCUT2D eigenvalue weighted by Gasteiger charge is 2.32. The van der Waals surface area contributed by atoms with Crippen molar-refractivity contribution in [1.29, 1.82) is 0 Å². The van der Waals surface area contributed by atoms with Gasteiger partial charge in [0.15, 0.2) is 5.92 Å². The fourth-order valence-corrected chi connectivity index (χ4v) is 1.06. The molecule has 0 bridgehead atoms. The molecular weight excluding hydrogens is 216 g/mol. The number of rotatable bonds is 2. The van der Waals surface area contributed by atoms with Crippen molar-refractivity contribution in [2.24, 2.45) is 11.0 Å². The minimum absolute atomic E-state index is 0.717. The minimum atomic E-state index is -1.14. The van der Waals surface area contributed by atoms with Gasteiger partial charge in [-0.05, 0) is 0 Å². The summed E-state index contributed by atoms with van der Waals surface area (Å²) in [7, 11) is 0. The van der Waals surface area contributed by atoms with E-state index in [1.54, 1.807) is 0 Å². The van der Waals surface area contributed by atoms with E-state index in [1.807, 2.05) is 10.6 Å². The van der Waals surface area contributed by atoms with Crippen LogP contribution in [-0.2, 0) is 9.59 Å². The summed E-state index contributed by atoms with van der Waals surface area (Å²) >= 11 is 0. The van der Waals surface area contributed by atoms with Crippen LogP contribution >= 0.6 is 0 Å². The second kappa shape index (κ2) is 3.88. The van der Waals surface area contributed by atoms with Crippen molar-refractivity contribution in [1.82, 2.24) is 25.5 Å². The van der Waals surface area contributed by atoms with Crippen LogP contribution in [0.15, 0.2) is 17.8 Å². The second-order valence-electron chi connectivity index (χ2n) is 2.89. The van der Waals surface area contributed by atoms with Crippen LogP contribution in [0.4, 0.5) is 4.79 Å². The molecule has 0 spiro atoms. The molecule has 16 heavy (non-hydrogen) atoms. The molecule has 2 rings (SSSR count). The first-order valence-electron chi connectivity index (χ1n) is 4.21. The van der Waals surface area contributed by atoms with Gasteiger partial charge in [0.2, 0.25) is 11.8 Å². The SMILES string of the molecule is O=C1NC(=O)C(/C=N/n2cnnc2)C(=O)N1. The molecule has 0 aliphatic carbocycles. The molecule has 1 aromatic rings. The number of hydrogen-bond acceptors (Lipinski definition) is 6. The molecule has 1 fully saturated rings. The van der Waals surface area contributed by atoms with Gasteiger partial charge in [0.05, 0.1) is 0 Å². The molecule has 0 radical (unpaired) electrons. The summed E-state index contributed by atoms with van der Waals surface area (Å²) < 4.78 is 1.22. The van der Waals surface area contributed by atoms with Gasteiger partial charge in [-0.15, -0.1) is 10.2 Å². The Hall–Kier alpha value is -2.58. The molecule has 0 unspecified atom stereocenters. The Morgan fingerprint density at radius 1 is 1.19 bits per heavy atom. The van der Waals surface area contributed by atoms with Gasteiger partial charge in [-0.3, -0.25) is 20.2 Å². The highest BCUT2D eigenvalue weighted by atomic mass is 16.2. The van der Waals surface area contributed by atoms with Crippen molar-refractivity contribution in [2.45, 2.75) is 0 Å². The first kappa shape index (κ1) is 9.96.